The van der Waals surface area contributed by atoms with Gasteiger partial charge in [0.2, 0.25) is 0 Å². The number of fused-ring (bicyclic) bond motifs is 1. The molecule has 5 nitrogen and oxygen atoms in total. The smallest absolute Gasteiger partial charge is 0.287 e. The van der Waals surface area contributed by atoms with Gasteiger partial charge in [0.15, 0.2) is 5.76 Å². The van der Waals surface area contributed by atoms with Crippen molar-refractivity contribution in [3.63, 3.8) is 0 Å². The predicted octanol–water partition coefficient (Wildman–Crippen LogP) is 4.13. The second-order valence-electron chi connectivity index (χ2n) is 6.73. The summed E-state index contributed by atoms with van der Waals surface area (Å²) in [6.45, 7) is 2.22. The minimum Gasteiger partial charge on any atom is -0.454 e. The molecule has 0 saturated carbocycles. The highest BCUT2D eigenvalue weighted by Crippen LogP contribution is 2.21. The molecule has 0 bridgehead atoms. The molecule has 28 heavy (non-hydrogen) atoms. The van der Waals surface area contributed by atoms with Crippen molar-refractivity contribution in [2.24, 2.45) is 0 Å². The molecule has 0 fully saturated rings. The summed E-state index contributed by atoms with van der Waals surface area (Å²) in [5.41, 5.74) is 0.907. The van der Waals surface area contributed by atoms with E-state index in [0.29, 0.717) is 5.76 Å². The van der Waals surface area contributed by atoms with E-state index in [1.54, 1.807) is 30.5 Å². The standard InChI is InChI=1S/C23H20N2O3/c1-16(18-10-9-17-6-2-3-7-19(17)14-18)24-23(27)21-12-11-20(28-21)15-25-13-5-4-8-22(25)26/h2-14,16H,15H2,1H3,(H,24,27). The molecule has 1 N–H and O–H groups in total. The van der Waals surface area contributed by atoms with E-state index >= 15 is 0 Å². The van der Waals surface area contributed by atoms with Gasteiger partial charge in [-0.2, -0.15) is 0 Å². The van der Waals surface area contributed by atoms with Crippen LogP contribution in [-0.4, -0.2) is 10.5 Å². The maximum absolute atomic E-state index is 12.6. The van der Waals surface area contributed by atoms with Crippen LogP contribution in [0.5, 0.6) is 0 Å². The first-order valence-electron chi connectivity index (χ1n) is 9.14. The average molecular weight is 372 g/mol. The van der Waals surface area contributed by atoms with Crippen LogP contribution in [0.4, 0.5) is 0 Å². The lowest BCUT2D eigenvalue weighted by molar-refractivity contribution is 0.0910. The van der Waals surface area contributed by atoms with Crippen LogP contribution in [0.25, 0.3) is 10.8 Å². The Kier molecular flexibility index (Phi) is 4.81. The van der Waals surface area contributed by atoms with Gasteiger partial charge in [-0.15, -0.1) is 0 Å². The number of carbonyl (C=O) groups excluding carboxylic acids is 1. The van der Waals surface area contributed by atoms with Crippen LogP contribution in [0.2, 0.25) is 0 Å². The lowest BCUT2D eigenvalue weighted by atomic mass is 10.0. The number of benzene rings is 2. The SMILES string of the molecule is CC(NC(=O)c1ccc(Cn2ccccc2=O)o1)c1ccc2ccccc2c1. The van der Waals surface area contributed by atoms with Crippen molar-refractivity contribution in [3.05, 3.63) is 106 Å². The molecule has 4 rings (SSSR count). The number of carbonyl (C=O) groups is 1. The second kappa shape index (κ2) is 7.56. The van der Waals surface area contributed by atoms with Gasteiger partial charge in [0.1, 0.15) is 5.76 Å². The first-order chi connectivity index (χ1) is 13.6. The predicted molar refractivity (Wildman–Crippen MR) is 108 cm³/mol. The highest BCUT2D eigenvalue weighted by molar-refractivity contribution is 5.92. The molecule has 0 aliphatic carbocycles. The number of hydrogen-bond donors (Lipinski definition) is 1. The molecule has 0 radical (unpaired) electrons. The molecule has 0 aliphatic heterocycles. The summed E-state index contributed by atoms with van der Waals surface area (Å²) in [5, 5.41) is 5.26. The molecule has 0 aliphatic rings. The lowest BCUT2D eigenvalue weighted by Crippen LogP contribution is -2.26. The monoisotopic (exact) mass is 372 g/mol. The highest BCUT2D eigenvalue weighted by Gasteiger charge is 2.15. The van der Waals surface area contributed by atoms with Gasteiger partial charge in [-0.05, 0) is 47.5 Å². The van der Waals surface area contributed by atoms with Crippen LogP contribution in [0, 0.1) is 0 Å². The Hall–Kier alpha value is -3.60. The van der Waals surface area contributed by atoms with Crippen LogP contribution < -0.4 is 10.9 Å². The summed E-state index contributed by atoms with van der Waals surface area (Å²) >= 11 is 0. The van der Waals surface area contributed by atoms with Crippen molar-refractivity contribution in [1.29, 1.82) is 0 Å². The lowest BCUT2D eigenvalue weighted by Gasteiger charge is -2.14. The maximum atomic E-state index is 12.6. The molecule has 1 amide bonds. The Labute approximate surface area is 162 Å². The minimum atomic E-state index is -0.285. The van der Waals surface area contributed by atoms with E-state index in [9.17, 15) is 9.59 Å². The van der Waals surface area contributed by atoms with Crippen molar-refractivity contribution < 1.29 is 9.21 Å². The zero-order valence-corrected chi connectivity index (χ0v) is 15.5. The number of rotatable bonds is 5. The number of amides is 1. The fraction of sp³-hybridized carbons (Fsp3) is 0.130. The first kappa shape index (κ1) is 17.8. The third kappa shape index (κ3) is 3.74. The van der Waals surface area contributed by atoms with Crippen LogP contribution >= 0.6 is 0 Å². The van der Waals surface area contributed by atoms with Crippen molar-refractivity contribution in [3.8, 4) is 0 Å². The fourth-order valence-electron chi connectivity index (χ4n) is 3.17. The number of hydrogen-bond acceptors (Lipinski definition) is 3. The highest BCUT2D eigenvalue weighted by atomic mass is 16.4. The van der Waals surface area contributed by atoms with Gasteiger partial charge in [-0.3, -0.25) is 9.59 Å². The zero-order valence-electron chi connectivity index (χ0n) is 15.5. The average Bonchev–Trinajstić information content (AvgIpc) is 3.18. The van der Waals surface area contributed by atoms with Crippen molar-refractivity contribution in [2.45, 2.75) is 19.5 Å². The van der Waals surface area contributed by atoms with Gasteiger partial charge >= 0.3 is 0 Å². The molecule has 140 valence electrons. The van der Waals surface area contributed by atoms with E-state index in [2.05, 4.69) is 29.6 Å². The van der Waals surface area contributed by atoms with Gasteiger partial charge in [0.05, 0.1) is 12.6 Å². The van der Waals surface area contributed by atoms with Crippen molar-refractivity contribution in [1.82, 2.24) is 9.88 Å². The molecular formula is C23H20N2O3. The van der Waals surface area contributed by atoms with E-state index in [0.717, 1.165) is 16.3 Å². The molecule has 2 aromatic carbocycles. The first-order valence-corrected chi connectivity index (χ1v) is 9.14. The summed E-state index contributed by atoms with van der Waals surface area (Å²) in [7, 11) is 0. The number of pyridine rings is 1. The fourth-order valence-corrected chi connectivity index (χ4v) is 3.17. The molecule has 2 heterocycles. The second-order valence-corrected chi connectivity index (χ2v) is 6.73. The molecule has 4 aromatic rings. The van der Waals surface area contributed by atoms with E-state index in [-0.39, 0.29) is 29.8 Å². The summed E-state index contributed by atoms with van der Waals surface area (Å²) in [4.78, 5) is 24.4. The summed E-state index contributed by atoms with van der Waals surface area (Å²) < 4.78 is 7.17. The Morgan fingerprint density at radius 3 is 2.61 bits per heavy atom. The van der Waals surface area contributed by atoms with E-state index in [1.165, 1.54) is 10.6 Å². The normalized spacial score (nSPS) is 12.0. The van der Waals surface area contributed by atoms with Gasteiger partial charge in [-0.1, -0.05) is 42.5 Å². The summed E-state index contributed by atoms with van der Waals surface area (Å²) in [6.07, 6.45) is 1.69. The van der Waals surface area contributed by atoms with Gasteiger partial charge in [-0.25, -0.2) is 0 Å². The van der Waals surface area contributed by atoms with Crippen LogP contribution in [0.3, 0.4) is 0 Å². The third-order valence-electron chi connectivity index (χ3n) is 4.73. The van der Waals surface area contributed by atoms with Crippen LogP contribution in [0.1, 0.15) is 34.8 Å². The minimum absolute atomic E-state index is 0.116. The Balaban J connectivity index is 1.46. The Morgan fingerprint density at radius 2 is 1.79 bits per heavy atom. The maximum Gasteiger partial charge on any atom is 0.287 e. The summed E-state index contributed by atoms with van der Waals surface area (Å²) in [6, 6.07) is 22.4. The molecular weight excluding hydrogens is 352 g/mol. The zero-order chi connectivity index (χ0) is 19.5. The Morgan fingerprint density at radius 1 is 1.00 bits per heavy atom. The molecule has 0 spiro atoms. The van der Waals surface area contributed by atoms with Crippen molar-refractivity contribution >= 4 is 16.7 Å². The van der Waals surface area contributed by atoms with Gasteiger partial charge < -0.3 is 14.3 Å². The molecule has 0 saturated heterocycles. The molecule has 2 aromatic heterocycles. The Bertz CT molecular complexity index is 1190. The third-order valence-corrected chi connectivity index (χ3v) is 4.73. The van der Waals surface area contributed by atoms with E-state index in [4.69, 9.17) is 4.42 Å². The largest absolute Gasteiger partial charge is 0.454 e. The number of nitrogens with one attached hydrogen (secondary N) is 1. The quantitative estimate of drug-likeness (QED) is 0.573. The van der Waals surface area contributed by atoms with E-state index < -0.39 is 0 Å². The van der Waals surface area contributed by atoms with Crippen molar-refractivity contribution in [2.75, 3.05) is 0 Å². The number of nitrogens with zero attached hydrogens (tertiary/aromatic N) is 1. The number of furan rings is 1. The number of aromatic nitrogens is 1. The van der Waals surface area contributed by atoms with Gasteiger partial charge in [0, 0.05) is 12.3 Å². The topological polar surface area (TPSA) is 64.2 Å². The van der Waals surface area contributed by atoms with Gasteiger partial charge in [0.25, 0.3) is 11.5 Å². The molecule has 1 atom stereocenters. The van der Waals surface area contributed by atoms with E-state index in [1.807, 2.05) is 25.1 Å². The molecule has 5 heteroatoms. The van der Waals surface area contributed by atoms with Crippen LogP contribution in [-0.2, 0) is 6.54 Å². The summed E-state index contributed by atoms with van der Waals surface area (Å²) in [5.74, 6) is 0.496. The van der Waals surface area contributed by atoms with Crippen LogP contribution in [0.15, 0.2) is 88.2 Å². The molecule has 1 unspecified atom stereocenters.